The van der Waals surface area contributed by atoms with E-state index in [2.05, 4.69) is 0 Å². The number of methoxy groups -OCH3 is 1. The van der Waals surface area contributed by atoms with Crippen LogP contribution in [-0.2, 0) is 4.57 Å². The number of hydrogen-bond donors (Lipinski definition) is 0. The highest BCUT2D eigenvalue weighted by molar-refractivity contribution is 7.81. The topological polar surface area (TPSA) is 26.3 Å². The Morgan fingerprint density at radius 3 is 1.79 bits per heavy atom. The van der Waals surface area contributed by atoms with Crippen LogP contribution in [0.2, 0.25) is 0 Å². The van der Waals surface area contributed by atoms with E-state index in [1.807, 2.05) is 96.8 Å². The predicted octanol–water partition coefficient (Wildman–Crippen LogP) is 4.68. The van der Waals surface area contributed by atoms with Gasteiger partial charge in [0.1, 0.15) is 5.75 Å². The predicted molar refractivity (Wildman–Crippen MR) is 102 cm³/mol. The highest BCUT2D eigenvalue weighted by atomic mass is 31.2. The van der Waals surface area contributed by atoms with E-state index in [0.717, 1.165) is 21.9 Å². The molecule has 0 heterocycles. The van der Waals surface area contributed by atoms with Crippen molar-refractivity contribution in [3.05, 3.63) is 96.3 Å². The molecule has 0 amide bonds. The quantitative estimate of drug-likeness (QED) is 0.633. The number of para-hydroxylation sites is 1. The first kappa shape index (κ1) is 16.3. The van der Waals surface area contributed by atoms with Gasteiger partial charge in [0.15, 0.2) is 7.14 Å². The third-order valence-electron chi connectivity index (χ3n) is 3.88. The molecule has 0 spiro atoms. The van der Waals surface area contributed by atoms with E-state index >= 15 is 0 Å². The maximum atomic E-state index is 13.9. The van der Waals surface area contributed by atoms with Gasteiger partial charge in [0, 0.05) is 16.2 Å². The molecule has 0 radical (unpaired) electrons. The average molecular weight is 334 g/mol. The summed E-state index contributed by atoms with van der Waals surface area (Å²) in [6.07, 6.45) is 1.89. The molecule has 24 heavy (non-hydrogen) atoms. The van der Waals surface area contributed by atoms with Crippen LogP contribution in [0.15, 0.2) is 90.7 Å². The van der Waals surface area contributed by atoms with Crippen molar-refractivity contribution < 1.29 is 9.30 Å². The van der Waals surface area contributed by atoms with Crippen molar-refractivity contribution >= 4 is 23.8 Å². The smallest absolute Gasteiger partial charge is 0.164 e. The van der Waals surface area contributed by atoms with Crippen molar-refractivity contribution in [2.75, 3.05) is 7.11 Å². The van der Waals surface area contributed by atoms with Crippen molar-refractivity contribution in [2.45, 2.75) is 0 Å². The van der Waals surface area contributed by atoms with Gasteiger partial charge in [0.25, 0.3) is 0 Å². The summed E-state index contributed by atoms with van der Waals surface area (Å²) in [6, 6.07) is 26.9. The Morgan fingerprint density at radius 2 is 1.25 bits per heavy atom. The lowest BCUT2D eigenvalue weighted by molar-refractivity contribution is 0.414. The van der Waals surface area contributed by atoms with Crippen molar-refractivity contribution in [3.63, 3.8) is 0 Å². The normalized spacial score (nSPS) is 11.5. The van der Waals surface area contributed by atoms with Crippen molar-refractivity contribution in [1.82, 2.24) is 0 Å². The summed E-state index contributed by atoms with van der Waals surface area (Å²) in [5, 5.41) is 1.64. The maximum Gasteiger partial charge on any atom is 0.164 e. The average Bonchev–Trinajstić information content (AvgIpc) is 2.67. The van der Waals surface area contributed by atoms with E-state index in [-0.39, 0.29) is 0 Å². The molecule has 0 aliphatic rings. The number of benzene rings is 3. The van der Waals surface area contributed by atoms with E-state index in [0.29, 0.717) is 0 Å². The third-order valence-corrected chi connectivity index (χ3v) is 6.58. The molecule has 3 rings (SSSR count). The molecule has 0 unspecified atom stereocenters. The van der Waals surface area contributed by atoms with Crippen LogP contribution in [0.5, 0.6) is 5.75 Å². The summed E-state index contributed by atoms with van der Waals surface area (Å²) in [7, 11) is -1.22. The molecule has 0 saturated carbocycles. The molecule has 0 aromatic heterocycles. The highest BCUT2D eigenvalue weighted by Crippen LogP contribution is 2.45. The SMILES string of the molecule is COc1ccccc1/C=C/P(=O)(c1ccccc1)c1ccccc1. The zero-order chi connectivity index (χ0) is 16.8. The second kappa shape index (κ2) is 7.33. The van der Waals surface area contributed by atoms with Gasteiger partial charge in [-0.3, -0.25) is 0 Å². The minimum Gasteiger partial charge on any atom is -0.496 e. The van der Waals surface area contributed by atoms with E-state index < -0.39 is 7.14 Å². The second-order valence-corrected chi connectivity index (χ2v) is 8.03. The first-order valence-corrected chi connectivity index (χ1v) is 9.55. The molecule has 0 fully saturated rings. The molecule has 3 aromatic carbocycles. The fourth-order valence-corrected chi connectivity index (χ4v) is 4.85. The van der Waals surface area contributed by atoms with E-state index in [9.17, 15) is 4.57 Å². The van der Waals surface area contributed by atoms with Crippen LogP contribution in [0.3, 0.4) is 0 Å². The Hall–Kier alpha value is -2.57. The van der Waals surface area contributed by atoms with Gasteiger partial charge in [-0.25, -0.2) is 0 Å². The van der Waals surface area contributed by atoms with Gasteiger partial charge in [-0.1, -0.05) is 78.9 Å². The fraction of sp³-hybridized carbons (Fsp3) is 0.0476. The van der Waals surface area contributed by atoms with Crippen molar-refractivity contribution in [2.24, 2.45) is 0 Å². The Labute approximate surface area is 142 Å². The summed E-state index contributed by atoms with van der Waals surface area (Å²) in [4.78, 5) is 0. The van der Waals surface area contributed by atoms with Gasteiger partial charge in [0.2, 0.25) is 0 Å². The Balaban J connectivity index is 2.10. The van der Waals surface area contributed by atoms with Crippen molar-refractivity contribution in [1.29, 1.82) is 0 Å². The zero-order valence-electron chi connectivity index (χ0n) is 13.5. The molecule has 2 nitrogen and oxygen atoms in total. The van der Waals surface area contributed by atoms with Crippen LogP contribution in [-0.4, -0.2) is 7.11 Å². The van der Waals surface area contributed by atoms with Gasteiger partial charge < -0.3 is 9.30 Å². The van der Waals surface area contributed by atoms with Gasteiger partial charge in [-0.15, -0.1) is 0 Å². The molecule has 0 saturated heterocycles. The van der Waals surface area contributed by atoms with Gasteiger partial charge in [0.05, 0.1) is 7.11 Å². The summed E-state index contributed by atoms with van der Waals surface area (Å²) < 4.78 is 19.2. The van der Waals surface area contributed by atoms with Crippen molar-refractivity contribution in [3.8, 4) is 5.75 Å². The summed E-state index contributed by atoms with van der Waals surface area (Å²) in [6.45, 7) is 0. The Kier molecular flexibility index (Phi) is 4.98. The Morgan fingerprint density at radius 1 is 0.750 bits per heavy atom. The van der Waals surface area contributed by atoms with Crippen LogP contribution >= 0.6 is 7.14 Å². The molecule has 3 aromatic rings. The lowest BCUT2D eigenvalue weighted by atomic mass is 10.2. The summed E-state index contributed by atoms with van der Waals surface area (Å²) >= 11 is 0. The molecule has 0 N–H and O–H groups in total. The second-order valence-electron chi connectivity index (χ2n) is 5.39. The standard InChI is InChI=1S/C21H19O2P/c1-23-21-15-9-8-10-18(21)16-17-24(22,19-11-4-2-5-12-19)20-13-6-3-7-14-20/h2-17H,1H3/b17-16+. The van der Waals surface area contributed by atoms with E-state index in [4.69, 9.17) is 4.74 Å². The lowest BCUT2D eigenvalue weighted by Gasteiger charge is -2.15. The Bertz CT molecular complexity index is 827. The monoisotopic (exact) mass is 334 g/mol. The van der Waals surface area contributed by atoms with Gasteiger partial charge >= 0.3 is 0 Å². The molecule has 3 heteroatoms. The maximum absolute atomic E-state index is 13.9. The largest absolute Gasteiger partial charge is 0.496 e. The van der Waals surface area contributed by atoms with Crippen LogP contribution in [0, 0.1) is 0 Å². The van der Waals surface area contributed by atoms with E-state index in [1.165, 1.54) is 0 Å². The van der Waals surface area contributed by atoms with E-state index in [1.54, 1.807) is 7.11 Å². The molecule has 0 atom stereocenters. The lowest BCUT2D eigenvalue weighted by Crippen LogP contribution is -2.13. The van der Waals surface area contributed by atoms with Gasteiger partial charge in [-0.2, -0.15) is 0 Å². The number of hydrogen-bond acceptors (Lipinski definition) is 2. The molecular formula is C21H19O2P. The van der Waals surface area contributed by atoms with Crippen LogP contribution in [0.4, 0.5) is 0 Å². The first-order valence-electron chi connectivity index (χ1n) is 7.77. The molecule has 0 aliphatic heterocycles. The summed E-state index contributed by atoms with van der Waals surface area (Å²) in [5.41, 5.74) is 0.909. The molecular weight excluding hydrogens is 315 g/mol. The number of rotatable bonds is 5. The molecule has 0 bridgehead atoms. The third kappa shape index (κ3) is 3.34. The first-order chi connectivity index (χ1) is 11.7. The van der Waals surface area contributed by atoms with Gasteiger partial charge in [-0.05, 0) is 18.0 Å². The van der Waals surface area contributed by atoms with Crippen LogP contribution in [0.25, 0.3) is 6.08 Å². The number of ether oxygens (including phenoxy) is 1. The zero-order valence-corrected chi connectivity index (χ0v) is 14.4. The molecule has 0 aliphatic carbocycles. The van der Waals surface area contributed by atoms with Crippen LogP contribution in [0.1, 0.15) is 5.56 Å². The minimum atomic E-state index is -2.86. The molecule has 120 valence electrons. The highest BCUT2D eigenvalue weighted by Gasteiger charge is 2.23. The minimum absolute atomic E-state index is 0.765. The summed E-state index contributed by atoms with van der Waals surface area (Å²) in [5.74, 6) is 2.58. The van der Waals surface area contributed by atoms with Crippen LogP contribution < -0.4 is 15.3 Å². The fourth-order valence-electron chi connectivity index (χ4n) is 2.61.